The molecule has 1 aliphatic heterocycles. The van der Waals surface area contributed by atoms with Crippen LogP contribution in [-0.4, -0.2) is 42.2 Å². The maximum Gasteiger partial charge on any atom is 0.252 e. The summed E-state index contributed by atoms with van der Waals surface area (Å²) in [6.07, 6.45) is 2.65. The van der Waals surface area contributed by atoms with Gasteiger partial charge in [0.15, 0.2) is 11.6 Å². The molecule has 0 radical (unpaired) electrons. The van der Waals surface area contributed by atoms with Gasteiger partial charge in [0.05, 0.1) is 6.61 Å². The number of aliphatic hydroxyl groups excluding tert-OH is 1. The maximum atomic E-state index is 14.0. The van der Waals surface area contributed by atoms with Crippen LogP contribution in [0.3, 0.4) is 0 Å². The molecular formula is C30H30Br2N2O4. The molecule has 1 aliphatic carbocycles. The Labute approximate surface area is 239 Å². The van der Waals surface area contributed by atoms with Gasteiger partial charge in [0.2, 0.25) is 5.90 Å². The van der Waals surface area contributed by atoms with Gasteiger partial charge in [-0.2, -0.15) is 0 Å². The summed E-state index contributed by atoms with van der Waals surface area (Å²) in [5, 5.41) is 12.2. The summed E-state index contributed by atoms with van der Waals surface area (Å²) < 4.78 is 14.2. The SMILES string of the molecule is O=C(NCC1CC1)[C@]1(Cc2ccc(Br)cc2)N=C(c2ccc(OCCCO)cc2)O[C@@H]1c1ccc(Br)cc1. The molecule has 1 amide bonds. The van der Waals surface area contributed by atoms with Crippen molar-refractivity contribution >= 4 is 43.7 Å². The number of aliphatic hydroxyl groups is 1. The van der Waals surface area contributed by atoms with Gasteiger partial charge >= 0.3 is 0 Å². The topological polar surface area (TPSA) is 80.2 Å². The van der Waals surface area contributed by atoms with E-state index in [-0.39, 0.29) is 12.5 Å². The Kier molecular flexibility index (Phi) is 8.51. The molecule has 8 heteroatoms. The molecule has 0 saturated heterocycles. The zero-order valence-corrected chi connectivity index (χ0v) is 24.1. The highest BCUT2D eigenvalue weighted by Crippen LogP contribution is 2.43. The van der Waals surface area contributed by atoms with Crippen LogP contribution in [-0.2, 0) is 16.0 Å². The minimum atomic E-state index is -1.18. The van der Waals surface area contributed by atoms with E-state index >= 15 is 0 Å². The molecule has 0 spiro atoms. The number of carbonyl (C=O) groups is 1. The lowest BCUT2D eigenvalue weighted by molar-refractivity contribution is -0.129. The second-order valence-corrected chi connectivity index (χ2v) is 11.6. The molecular weight excluding hydrogens is 612 g/mol. The van der Waals surface area contributed by atoms with E-state index in [2.05, 4.69) is 37.2 Å². The summed E-state index contributed by atoms with van der Waals surface area (Å²) in [5.41, 5.74) is 1.48. The van der Waals surface area contributed by atoms with Gasteiger partial charge in [-0.05, 0) is 78.4 Å². The molecule has 2 aliphatic rings. The molecule has 1 fully saturated rings. The lowest BCUT2D eigenvalue weighted by Gasteiger charge is -2.31. The van der Waals surface area contributed by atoms with E-state index in [1.807, 2.05) is 72.8 Å². The molecule has 3 aromatic rings. The van der Waals surface area contributed by atoms with Crippen molar-refractivity contribution in [1.82, 2.24) is 5.32 Å². The van der Waals surface area contributed by atoms with Gasteiger partial charge in [0.1, 0.15) is 5.75 Å². The number of ether oxygens (including phenoxy) is 2. The van der Waals surface area contributed by atoms with Crippen LogP contribution in [0.5, 0.6) is 5.75 Å². The monoisotopic (exact) mass is 640 g/mol. The van der Waals surface area contributed by atoms with E-state index in [0.29, 0.717) is 43.6 Å². The smallest absolute Gasteiger partial charge is 0.252 e. The number of nitrogens with one attached hydrogen (secondary N) is 1. The van der Waals surface area contributed by atoms with Crippen LogP contribution < -0.4 is 10.1 Å². The van der Waals surface area contributed by atoms with Crippen molar-refractivity contribution in [2.24, 2.45) is 10.9 Å². The number of carbonyl (C=O) groups excluding carboxylic acids is 1. The highest BCUT2D eigenvalue weighted by molar-refractivity contribution is 9.10. The second kappa shape index (κ2) is 12.0. The van der Waals surface area contributed by atoms with Crippen LogP contribution in [0.4, 0.5) is 0 Å². The van der Waals surface area contributed by atoms with Gasteiger partial charge < -0.3 is 19.9 Å². The minimum absolute atomic E-state index is 0.0867. The Morgan fingerprint density at radius 2 is 1.66 bits per heavy atom. The lowest BCUT2D eigenvalue weighted by atomic mass is 9.82. The zero-order valence-electron chi connectivity index (χ0n) is 20.9. The fraction of sp³-hybridized carbons (Fsp3) is 0.333. The first kappa shape index (κ1) is 26.9. The van der Waals surface area contributed by atoms with E-state index in [4.69, 9.17) is 19.6 Å². The third-order valence-corrected chi connectivity index (χ3v) is 7.90. The standard InChI is InChI=1S/C30H30Br2N2O4/c31-24-10-4-20(5-11-24)18-30(29(36)33-19-21-2-3-21)27(22-6-12-25(32)13-7-22)38-28(34-30)23-8-14-26(15-9-23)37-17-1-16-35/h4-15,21,27,35H,1-3,16-19H2,(H,33,36)/t27-,30-/m1/s1. The minimum Gasteiger partial charge on any atom is -0.494 e. The number of rotatable bonds is 11. The first-order valence-electron chi connectivity index (χ1n) is 12.9. The average molecular weight is 642 g/mol. The molecule has 0 unspecified atom stereocenters. The fourth-order valence-corrected chi connectivity index (χ4v) is 5.07. The predicted molar refractivity (Wildman–Crippen MR) is 154 cm³/mol. The van der Waals surface area contributed by atoms with E-state index in [1.54, 1.807) is 0 Å². The first-order chi connectivity index (χ1) is 18.5. The summed E-state index contributed by atoms with van der Waals surface area (Å²) >= 11 is 7.03. The summed E-state index contributed by atoms with van der Waals surface area (Å²) in [4.78, 5) is 19.1. The first-order valence-corrected chi connectivity index (χ1v) is 14.4. The number of hydrogen-bond acceptors (Lipinski definition) is 5. The molecule has 6 nitrogen and oxygen atoms in total. The van der Waals surface area contributed by atoms with Crippen LogP contribution in [0, 0.1) is 5.92 Å². The third-order valence-electron chi connectivity index (χ3n) is 6.84. The van der Waals surface area contributed by atoms with Gasteiger partial charge in [-0.25, -0.2) is 4.99 Å². The second-order valence-electron chi connectivity index (χ2n) is 9.80. The zero-order chi connectivity index (χ0) is 26.5. The number of amides is 1. The summed E-state index contributed by atoms with van der Waals surface area (Å²) in [5.74, 6) is 1.55. The van der Waals surface area contributed by atoms with E-state index in [9.17, 15) is 4.79 Å². The Hall–Kier alpha value is -2.68. The molecule has 2 atom stereocenters. The van der Waals surface area contributed by atoms with Crippen molar-refractivity contribution < 1.29 is 19.4 Å². The van der Waals surface area contributed by atoms with Crippen molar-refractivity contribution in [1.29, 1.82) is 0 Å². The van der Waals surface area contributed by atoms with Crippen LogP contribution in [0.25, 0.3) is 0 Å². The largest absolute Gasteiger partial charge is 0.494 e. The molecule has 0 aromatic heterocycles. The third kappa shape index (κ3) is 6.30. The number of nitrogens with zero attached hydrogens (tertiary/aromatic N) is 1. The van der Waals surface area contributed by atoms with Crippen LogP contribution in [0.1, 0.15) is 42.1 Å². The van der Waals surface area contributed by atoms with Gasteiger partial charge in [-0.15, -0.1) is 0 Å². The molecule has 1 heterocycles. The molecule has 38 heavy (non-hydrogen) atoms. The predicted octanol–water partition coefficient (Wildman–Crippen LogP) is 6.00. The van der Waals surface area contributed by atoms with Crippen LogP contribution >= 0.6 is 31.9 Å². The van der Waals surface area contributed by atoms with Gasteiger partial charge in [-0.3, -0.25) is 4.79 Å². The maximum absolute atomic E-state index is 14.0. The van der Waals surface area contributed by atoms with Crippen LogP contribution in [0.2, 0.25) is 0 Å². The molecule has 198 valence electrons. The Morgan fingerprint density at radius 3 is 2.29 bits per heavy atom. The normalized spacial score (nSPS) is 20.5. The molecule has 2 N–H and O–H groups in total. The van der Waals surface area contributed by atoms with Crippen molar-refractivity contribution in [2.45, 2.75) is 37.3 Å². The van der Waals surface area contributed by atoms with Crippen molar-refractivity contribution in [3.8, 4) is 5.75 Å². The summed E-state index contributed by atoms with van der Waals surface area (Å²) in [6.45, 7) is 1.18. The molecule has 1 saturated carbocycles. The van der Waals surface area contributed by atoms with E-state index in [1.165, 1.54) is 0 Å². The average Bonchev–Trinajstić information content (AvgIpc) is 3.69. The Morgan fingerprint density at radius 1 is 1.00 bits per heavy atom. The van der Waals surface area contributed by atoms with E-state index in [0.717, 1.165) is 38.5 Å². The summed E-state index contributed by atoms with van der Waals surface area (Å²) in [7, 11) is 0. The Balaban J connectivity index is 1.53. The number of benzene rings is 3. The quantitative estimate of drug-likeness (QED) is 0.252. The highest BCUT2D eigenvalue weighted by Gasteiger charge is 2.53. The van der Waals surface area contributed by atoms with Gasteiger partial charge in [-0.1, -0.05) is 56.1 Å². The van der Waals surface area contributed by atoms with Crippen molar-refractivity contribution in [3.63, 3.8) is 0 Å². The van der Waals surface area contributed by atoms with Gasteiger partial charge in [0, 0.05) is 40.5 Å². The molecule has 0 bridgehead atoms. The van der Waals surface area contributed by atoms with Crippen LogP contribution in [0.15, 0.2) is 86.7 Å². The summed E-state index contributed by atoms with van der Waals surface area (Å²) in [6, 6.07) is 23.4. The number of halogens is 2. The number of aliphatic imine (C=N–C) groups is 1. The molecule has 5 rings (SSSR count). The highest BCUT2D eigenvalue weighted by atomic mass is 79.9. The molecule has 3 aromatic carbocycles. The van der Waals surface area contributed by atoms with Crippen molar-refractivity contribution in [2.75, 3.05) is 19.8 Å². The van der Waals surface area contributed by atoms with Crippen molar-refractivity contribution in [3.05, 3.63) is 98.4 Å². The van der Waals surface area contributed by atoms with Gasteiger partial charge in [0.25, 0.3) is 5.91 Å². The lowest BCUT2D eigenvalue weighted by Crippen LogP contribution is -2.50. The Bertz CT molecular complexity index is 1280. The fourth-order valence-electron chi connectivity index (χ4n) is 4.55. The van der Waals surface area contributed by atoms with E-state index < -0.39 is 11.6 Å². The number of hydrogen-bond donors (Lipinski definition) is 2.